The molecule has 0 radical (unpaired) electrons. The topological polar surface area (TPSA) is 76.5 Å². The van der Waals surface area contributed by atoms with Gasteiger partial charge in [-0.05, 0) is 59.9 Å². The number of carbonyl (C=O) groups is 1. The van der Waals surface area contributed by atoms with Gasteiger partial charge in [-0.3, -0.25) is 4.79 Å². The molecule has 7 heteroatoms. The van der Waals surface area contributed by atoms with Crippen LogP contribution in [0.25, 0.3) is 0 Å². The van der Waals surface area contributed by atoms with Gasteiger partial charge >= 0.3 is 0 Å². The molecule has 1 N–H and O–H groups in total. The van der Waals surface area contributed by atoms with Crippen molar-refractivity contribution in [3.63, 3.8) is 0 Å². The zero-order valence-electron chi connectivity index (χ0n) is 19.0. The van der Waals surface area contributed by atoms with E-state index in [4.69, 9.17) is 4.74 Å². The molecule has 3 rings (SSSR count). The van der Waals surface area contributed by atoms with Gasteiger partial charge in [0.15, 0.2) is 5.16 Å². The predicted octanol–water partition coefficient (Wildman–Crippen LogP) is 5.23. The monoisotopic (exact) mass is 448 g/mol. The van der Waals surface area contributed by atoms with Crippen LogP contribution >= 0.6 is 11.8 Å². The Hall–Kier alpha value is -3.19. The van der Waals surface area contributed by atoms with Crippen LogP contribution in [0.5, 0.6) is 5.75 Å². The largest absolute Gasteiger partial charge is 0.496 e. The van der Waals surface area contributed by atoms with Crippen molar-refractivity contribution in [3.05, 3.63) is 83.2 Å². The number of hydrogen-bond acceptors (Lipinski definition) is 6. The summed E-state index contributed by atoms with van der Waals surface area (Å²) < 4.78 is 5.49. The van der Waals surface area contributed by atoms with Crippen LogP contribution in [-0.4, -0.2) is 28.7 Å². The number of methoxy groups -OCH3 is 1. The summed E-state index contributed by atoms with van der Waals surface area (Å²) in [6, 6.07) is 15.3. The number of nitrogens with zero attached hydrogens (tertiary/aromatic N) is 3. The number of hydrazone groups is 1. The van der Waals surface area contributed by atoms with Crippen LogP contribution in [0.2, 0.25) is 0 Å². The fourth-order valence-electron chi connectivity index (χ4n) is 3.00. The molecule has 0 aliphatic rings. The number of hydrogen-bond donors (Lipinski definition) is 1. The van der Waals surface area contributed by atoms with Crippen LogP contribution in [0.4, 0.5) is 0 Å². The molecule has 0 spiro atoms. The quantitative estimate of drug-likeness (QED) is 0.232. The molecule has 0 aliphatic heterocycles. The summed E-state index contributed by atoms with van der Waals surface area (Å²) in [6.45, 7) is 8.29. The number of thioether (sulfide) groups is 1. The second-order valence-corrected chi connectivity index (χ2v) is 9.25. The van der Waals surface area contributed by atoms with Gasteiger partial charge in [0.2, 0.25) is 0 Å². The van der Waals surface area contributed by atoms with Crippen molar-refractivity contribution in [1.29, 1.82) is 0 Å². The highest BCUT2D eigenvalue weighted by Gasteiger charge is 2.14. The maximum absolute atomic E-state index is 12.5. The average molecular weight is 449 g/mol. The third kappa shape index (κ3) is 6.17. The molecule has 32 heavy (non-hydrogen) atoms. The molecular weight excluding hydrogens is 420 g/mol. The molecule has 1 amide bonds. The Morgan fingerprint density at radius 3 is 2.34 bits per heavy atom. The molecule has 3 aromatic rings. The number of rotatable bonds is 7. The summed E-state index contributed by atoms with van der Waals surface area (Å²) in [5.41, 5.74) is 7.05. The van der Waals surface area contributed by atoms with E-state index in [9.17, 15) is 4.79 Å². The second kappa shape index (κ2) is 10.4. The minimum atomic E-state index is -0.240. The highest BCUT2D eigenvalue weighted by Crippen LogP contribution is 2.27. The van der Waals surface area contributed by atoms with Crippen molar-refractivity contribution in [2.45, 2.75) is 44.0 Å². The summed E-state index contributed by atoms with van der Waals surface area (Å²) in [5.74, 6) is 1.20. The third-order valence-corrected chi connectivity index (χ3v) is 5.86. The van der Waals surface area contributed by atoms with Gasteiger partial charge in [0, 0.05) is 29.3 Å². The van der Waals surface area contributed by atoms with Crippen molar-refractivity contribution in [2.24, 2.45) is 5.10 Å². The fourth-order valence-corrected chi connectivity index (χ4v) is 3.78. The number of ether oxygens (including phenoxy) is 1. The van der Waals surface area contributed by atoms with Gasteiger partial charge in [-0.2, -0.15) is 5.10 Å². The normalized spacial score (nSPS) is 11.8. The number of aromatic nitrogens is 2. The van der Waals surface area contributed by atoms with Gasteiger partial charge in [-0.1, -0.05) is 44.7 Å². The molecule has 0 fully saturated rings. The van der Waals surface area contributed by atoms with E-state index >= 15 is 0 Å². The number of carbonyl (C=O) groups excluding carboxylic acids is 1. The van der Waals surface area contributed by atoms with E-state index in [0.29, 0.717) is 22.2 Å². The first kappa shape index (κ1) is 23.5. The lowest BCUT2D eigenvalue weighted by atomic mass is 9.87. The minimum absolute atomic E-state index is 0.0424. The lowest BCUT2D eigenvalue weighted by Gasteiger charge is -2.18. The molecule has 6 nitrogen and oxygen atoms in total. The summed E-state index contributed by atoms with van der Waals surface area (Å²) in [4.78, 5) is 21.0. The molecular formula is C25H28N4O2S. The molecule has 2 aromatic carbocycles. The SMILES string of the molecule is COc1ccc(C(C)=NNC(=O)c2ccc(C(C)(C)C)cc2)cc1CSc1ncccn1. The van der Waals surface area contributed by atoms with Gasteiger partial charge < -0.3 is 4.74 Å². The molecule has 0 saturated carbocycles. The zero-order valence-corrected chi connectivity index (χ0v) is 19.9. The Morgan fingerprint density at radius 2 is 1.72 bits per heavy atom. The average Bonchev–Trinajstić information content (AvgIpc) is 2.81. The van der Waals surface area contributed by atoms with Crippen molar-refractivity contribution in [1.82, 2.24) is 15.4 Å². The smallest absolute Gasteiger partial charge is 0.271 e. The van der Waals surface area contributed by atoms with E-state index < -0.39 is 0 Å². The van der Waals surface area contributed by atoms with Crippen molar-refractivity contribution < 1.29 is 9.53 Å². The van der Waals surface area contributed by atoms with Gasteiger partial charge in [-0.25, -0.2) is 15.4 Å². The Labute approximate surface area is 193 Å². The van der Waals surface area contributed by atoms with E-state index in [1.54, 1.807) is 25.6 Å². The summed E-state index contributed by atoms with van der Waals surface area (Å²) in [6.07, 6.45) is 3.44. The first-order valence-electron chi connectivity index (χ1n) is 10.3. The van der Waals surface area contributed by atoms with Crippen molar-refractivity contribution in [2.75, 3.05) is 7.11 Å². The molecule has 0 bridgehead atoms. The van der Waals surface area contributed by atoms with E-state index in [1.807, 2.05) is 49.4 Å². The van der Waals surface area contributed by atoms with Crippen LogP contribution in [0, 0.1) is 0 Å². The predicted molar refractivity (Wildman–Crippen MR) is 129 cm³/mol. The minimum Gasteiger partial charge on any atom is -0.496 e. The molecule has 1 heterocycles. The molecule has 1 aromatic heterocycles. The van der Waals surface area contributed by atoms with Gasteiger partial charge in [0.05, 0.1) is 12.8 Å². The van der Waals surface area contributed by atoms with Gasteiger partial charge in [0.25, 0.3) is 5.91 Å². The summed E-state index contributed by atoms with van der Waals surface area (Å²) >= 11 is 1.53. The Morgan fingerprint density at radius 1 is 1.06 bits per heavy atom. The maximum atomic E-state index is 12.5. The zero-order chi connectivity index (χ0) is 23.1. The van der Waals surface area contributed by atoms with Gasteiger partial charge in [0.1, 0.15) is 5.75 Å². The van der Waals surface area contributed by atoms with E-state index in [0.717, 1.165) is 16.9 Å². The van der Waals surface area contributed by atoms with Crippen LogP contribution in [0.15, 0.2) is 71.2 Å². The van der Waals surface area contributed by atoms with Crippen molar-refractivity contribution >= 4 is 23.4 Å². The van der Waals surface area contributed by atoms with E-state index in [2.05, 4.69) is 41.3 Å². The second-order valence-electron chi connectivity index (χ2n) is 8.31. The summed E-state index contributed by atoms with van der Waals surface area (Å²) in [7, 11) is 1.65. The molecule has 166 valence electrons. The highest BCUT2D eigenvalue weighted by atomic mass is 32.2. The standard InChI is InChI=1S/C25H28N4O2S/c1-17(28-29-23(30)18-7-10-21(11-8-18)25(2,3)4)19-9-12-22(31-5)20(15-19)16-32-24-26-13-6-14-27-24/h6-15H,16H2,1-5H3,(H,29,30). The molecule has 0 aliphatic carbocycles. The van der Waals surface area contributed by atoms with Crippen LogP contribution in [0.3, 0.4) is 0 Å². The Kier molecular flexibility index (Phi) is 7.64. The summed E-state index contributed by atoms with van der Waals surface area (Å²) in [5, 5.41) is 5.01. The Bertz CT molecular complexity index is 1090. The number of benzene rings is 2. The van der Waals surface area contributed by atoms with Crippen LogP contribution in [-0.2, 0) is 11.2 Å². The van der Waals surface area contributed by atoms with E-state index in [-0.39, 0.29) is 11.3 Å². The highest BCUT2D eigenvalue weighted by molar-refractivity contribution is 7.98. The van der Waals surface area contributed by atoms with Crippen molar-refractivity contribution in [3.8, 4) is 5.75 Å². The first-order chi connectivity index (χ1) is 15.3. The maximum Gasteiger partial charge on any atom is 0.271 e. The Balaban J connectivity index is 1.70. The fraction of sp³-hybridized carbons (Fsp3) is 0.280. The van der Waals surface area contributed by atoms with Gasteiger partial charge in [-0.15, -0.1) is 0 Å². The number of amides is 1. The van der Waals surface area contributed by atoms with Crippen LogP contribution in [0.1, 0.15) is 54.7 Å². The van der Waals surface area contributed by atoms with Crippen LogP contribution < -0.4 is 10.2 Å². The lowest BCUT2D eigenvalue weighted by Crippen LogP contribution is -2.20. The lowest BCUT2D eigenvalue weighted by molar-refractivity contribution is 0.0955. The first-order valence-corrected chi connectivity index (χ1v) is 11.3. The third-order valence-electron chi connectivity index (χ3n) is 4.94. The molecule has 0 saturated heterocycles. The number of nitrogens with one attached hydrogen (secondary N) is 1. The molecule has 0 unspecified atom stereocenters. The molecule has 0 atom stereocenters. The van der Waals surface area contributed by atoms with E-state index in [1.165, 1.54) is 17.3 Å².